The molecule has 98 valence electrons. The highest BCUT2D eigenvalue weighted by atomic mass is 16.4. The summed E-state index contributed by atoms with van der Waals surface area (Å²) >= 11 is 0. The second-order valence-electron chi connectivity index (χ2n) is 4.46. The first-order valence-corrected chi connectivity index (χ1v) is 5.79. The summed E-state index contributed by atoms with van der Waals surface area (Å²) in [6.45, 7) is 0. The molecule has 0 bridgehead atoms. The van der Waals surface area contributed by atoms with Gasteiger partial charge in [-0.05, 0) is 47.5 Å². The molecule has 0 radical (unpaired) electrons. The van der Waals surface area contributed by atoms with Crippen LogP contribution in [0.15, 0.2) is 36.4 Å². The van der Waals surface area contributed by atoms with Gasteiger partial charge in [-0.25, -0.2) is 9.59 Å². The predicted octanol–water partition coefficient (Wildman–Crippen LogP) is 2.29. The molecule has 0 heterocycles. The predicted molar refractivity (Wildman–Crippen MR) is 69.2 cm³/mol. The number of fused-ring (bicyclic) bond motifs is 3. The molecule has 1 aliphatic rings. The fourth-order valence-electron chi connectivity index (χ4n) is 2.34. The van der Waals surface area contributed by atoms with Crippen LogP contribution in [0.1, 0.15) is 36.6 Å². The monoisotopic (exact) mass is 268 g/mol. The first-order chi connectivity index (χ1) is 9.49. The molecule has 2 N–H and O–H groups in total. The average molecular weight is 268 g/mol. The van der Waals surface area contributed by atoms with E-state index in [1.165, 1.54) is 36.4 Å². The van der Waals surface area contributed by atoms with Crippen LogP contribution in [-0.2, 0) is 0 Å². The highest BCUT2D eigenvalue weighted by Gasteiger charge is 2.28. The lowest BCUT2D eigenvalue weighted by Crippen LogP contribution is -1.99. The third-order valence-corrected chi connectivity index (χ3v) is 3.31. The molecule has 1 aliphatic carbocycles. The molecule has 5 nitrogen and oxygen atoms in total. The van der Waals surface area contributed by atoms with Crippen LogP contribution in [0.4, 0.5) is 0 Å². The molecule has 0 spiro atoms. The Morgan fingerprint density at radius 1 is 0.700 bits per heavy atom. The van der Waals surface area contributed by atoms with Crippen LogP contribution in [0.25, 0.3) is 11.1 Å². The van der Waals surface area contributed by atoms with Crippen molar-refractivity contribution in [3.05, 3.63) is 58.7 Å². The number of benzene rings is 2. The van der Waals surface area contributed by atoms with E-state index in [9.17, 15) is 14.4 Å². The van der Waals surface area contributed by atoms with Crippen LogP contribution in [0.2, 0.25) is 0 Å². The normalized spacial score (nSPS) is 11.9. The zero-order valence-electron chi connectivity index (χ0n) is 10.1. The summed E-state index contributed by atoms with van der Waals surface area (Å²) in [5.74, 6) is -2.41. The van der Waals surface area contributed by atoms with Crippen LogP contribution in [0, 0.1) is 0 Å². The Kier molecular flexibility index (Phi) is 2.44. The van der Waals surface area contributed by atoms with Crippen molar-refractivity contribution in [1.29, 1.82) is 0 Å². The van der Waals surface area contributed by atoms with Gasteiger partial charge in [-0.1, -0.05) is 0 Å². The fourth-order valence-corrected chi connectivity index (χ4v) is 2.34. The summed E-state index contributed by atoms with van der Waals surface area (Å²) in [7, 11) is 0. The van der Waals surface area contributed by atoms with Crippen molar-refractivity contribution in [2.45, 2.75) is 0 Å². The van der Waals surface area contributed by atoms with Gasteiger partial charge < -0.3 is 10.2 Å². The van der Waals surface area contributed by atoms with Crippen molar-refractivity contribution >= 4 is 17.7 Å². The Morgan fingerprint density at radius 3 is 1.45 bits per heavy atom. The average Bonchev–Trinajstić information content (AvgIpc) is 2.71. The van der Waals surface area contributed by atoms with Gasteiger partial charge in [-0.2, -0.15) is 0 Å². The van der Waals surface area contributed by atoms with E-state index in [0.29, 0.717) is 22.3 Å². The molecule has 0 saturated heterocycles. The Balaban J connectivity index is 2.27. The van der Waals surface area contributed by atoms with Crippen molar-refractivity contribution in [1.82, 2.24) is 0 Å². The summed E-state index contributed by atoms with van der Waals surface area (Å²) in [4.78, 5) is 34.1. The van der Waals surface area contributed by atoms with Crippen LogP contribution in [0.5, 0.6) is 0 Å². The molecule has 2 aromatic carbocycles. The molecule has 0 aliphatic heterocycles. The number of carbonyl (C=O) groups excluding carboxylic acids is 1. The van der Waals surface area contributed by atoms with Gasteiger partial charge in [0, 0.05) is 11.1 Å². The SMILES string of the molecule is O=C(O)c1ccc2c(c1)-c1cc(C(=O)O)ccc1C2=O. The first kappa shape index (κ1) is 12.1. The number of hydrogen-bond acceptors (Lipinski definition) is 3. The van der Waals surface area contributed by atoms with Gasteiger partial charge in [0.05, 0.1) is 11.1 Å². The van der Waals surface area contributed by atoms with Crippen LogP contribution >= 0.6 is 0 Å². The van der Waals surface area contributed by atoms with Gasteiger partial charge in [0.15, 0.2) is 5.78 Å². The Hall–Kier alpha value is -2.95. The van der Waals surface area contributed by atoms with Gasteiger partial charge in [-0.3, -0.25) is 4.79 Å². The van der Waals surface area contributed by atoms with Gasteiger partial charge in [0.2, 0.25) is 0 Å². The molecule has 20 heavy (non-hydrogen) atoms. The molecular formula is C15H8O5. The molecule has 0 amide bonds. The van der Waals surface area contributed by atoms with E-state index < -0.39 is 11.9 Å². The third kappa shape index (κ3) is 1.60. The first-order valence-electron chi connectivity index (χ1n) is 5.79. The van der Waals surface area contributed by atoms with Crippen molar-refractivity contribution < 1.29 is 24.6 Å². The van der Waals surface area contributed by atoms with E-state index >= 15 is 0 Å². The number of ketones is 1. The number of hydrogen-bond donors (Lipinski definition) is 2. The molecule has 0 fully saturated rings. The van der Waals surface area contributed by atoms with Crippen LogP contribution < -0.4 is 0 Å². The van der Waals surface area contributed by atoms with Gasteiger partial charge in [0.25, 0.3) is 0 Å². The minimum absolute atomic E-state index is 0.0603. The number of carbonyl (C=O) groups is 3. The highest BCUT2D eigenvalue weighted by Crippen LogP contribution is 2.37. The summed E-state index contributed by atoms with van der Waals surface area (Å²) in [6, 6.07) is 8.44. The zero-order chi connectivity index (χ0) is 14.4. The maximum Gasteiger partial charge on any atom is 0.335 e. The van der Waals surface area contributed by atoms with E-state index in [4.69, 9.17) is 10.2 Å². The van der Waals surface area contributed by atoms with Crippen LogP contribution in [-0.4, -0.2) is 27.9 Å². The summed E-state index contributed by atoms with van der Waals surface area (Å²) in [5, 5.41) is 18.0. The van der Waals surface area contributed by atoms with Gasteiger partial charge in [0.1, 0.15) is 0 Å². The van der Waals surface area contributed by atoms with E-state index in [2.05, 4.69) is 0 Å². The second-order valence-corrected chi connectivity index (χ2v) is 4.46. The second kappa shape index (κ2) is 4.03. The van der Waals surface area contributed by atoms with Gasteiger partial charge in [-0.15, -0.1) is 0 Å². The minimum atomic E-state index is -1.09. The van der Waals surface area contributed by atoms with Crippen molar-refractivity contribution in [2.24, 2.45) is 0 Å². The third-order valence-electron chi connectivity index (χ3n) is 3.31. The van der Waals surface area contributed by atoms with Crippen molar-refractivity contribution in [3.8, 4) is 11.1 Å². The standard InChI is InChI=1S/C15H8O5/c16-13-9-3-1-7(14(17)18)5-11(9)12-6-8(15(19)20)2-4-10(12)13/h1-6H,(H,17,18)(H,19,20). The van der Waals surface area contributed by atoms with Crippen molar-refractivity contribution in [3.63, 3.8) is 0 Å². The zero-order valence-corrected chi connectivity index (χ0v) is 10.1. The van der Waals surface area contributed by atoms with E-state index in [1.807, 2.05) is 0 Å². The maximum atomic E-state index is 12.2. The number of aromatic carboxylic acids is 2. The molecule has 5 heteroatoms. The topological polar surface area (TPSA) is 91.7 Å². The fraction of sp³-hybridized carbons (Fsp3) is 0. The van der Waals surface area contributed by atoms with Crippen molar-refractivity contribution in [2.75, 3.05) is 0 Å². The maximum absolute atomic E-state index is 12.2. The quantitative estimate of drug-likeness (QED) is 0.744. The van der Waals surface area contributed by atoms with Gasteiger partial charge >= 0.3 is 11.9 Å². The molecule has 0 aromatic heterocycles. The summed E-state index contributed by atoms with van der Waals surface area (Å²) in [6.07, 6.45) is 0. The lowest BCUT2D eigenvalue weighted by molar-refractivity contribution is 0.0686. The number of carboxylic acid groups (broad SMARTS) is 2. The molecule has 0 saturated carbocycles. The molecule has 0 atom stereocenters. The van der Waals surface area contributed by atoms with Crippen LogP contribution in [0.3, 0.4) is 0 Å². The highest BCUT2D eigenvalue weighted by molar-refractivity contribution is 6.22. The molecule has 0 unspecified atom stereocenters. The van der Waals surface area contributed by atoms with E-state index in [1.54, 1.807) is 0 Å². The number of carboxylic acids is 2. The Bertz CT molecular complexity index is 723. The Morgan fingerprint density at radius 2 is 1.10 bits per heavy atom. The lowest BCUT2D eigenvalue weighted by atomic mass is 10.0. The molecular weight excluding hydrogens is 260 g/mol. The summed E-state index contributed by atoms with van der Waals surface area (Å²) < 4.78 is 0. The number of rotatable bonds is 2. The Labute approximate surface area is 113 Å². The smallest absolute Gasteiger partial charge is 0.335 e. The van der Waals surface area contributed by atoms with E-state index in [-0.39, 0.29) is 16.9 Å². The molecule has 3 rings (SSSR count). The molecule has 2 aromatic rings. The lowest BCUT2D eigenvalue weighted by Gasteiger charge is -2.02. The largest absolute Gasteiger partial charge is 0.478 e. The summed E-state index contributed by atoms with van der Waals surface area (Å²) in [5.41, 5.74) is 1.84. The van der Waals surface area contributed by atoms with E-state index in [0.717, 1.165) is 0 Å². The minimum Gasteiger partial charge on any atom is -0.478 e.